The fourth-order valence-electron chi connectivity index (χ4n) is 2.25. The highest BCUT2D eigenvalue weighted by molar-refractivity contribution is 14.1. The SMILES string of the molecule is O=C(O)N1CCc2nc3c(I)cnn3c(Cl)c2CC1. The highest BCUT2D eigenvalue weighted by atomic mass is 127. The molecule has 3 heterocycles. The zero-order valence-electron chi connectivity index (χ0n) is 9.81. The zero-order chi connectivity index (χ0) is 13.6. The van der Waals surface area contributed by atoms with Gasteiger partial charge < -0.3 is 10.0 Å². The predicted molar refractivity (Wildman–Crippen MR) is 77.7 cm³/mol. The molecule has 0 unspecified atom stereocenters. The van der Waals surface area contributed by atoms with Gasteiger partial charge in [-0.15, -0.1) is 0 Å². The standard InChI is InChI=1S/C11H10ClIN4O2/c12-9-6-1-3-16(11(18)19)4-2-8(6)15-10-7(13)5-14-17(9)10/h5H,1-4H2,(H,18,19). The molecule has 6 nitrogen and oxygen atoms in total. The van der Waals surface area contributed by atoms with Gasteiger partial charge in [-0.05, 0) is 29.0 Å². The minimum atomic E-state index is -0.900. The predicted octanol–water partition coefficient (Wildman–Crippen LogP) is 2.07. The Labute approximate surface area is 127 Å². The molecule has 0 fully saturated rings. The van der Waals surface area contributed by atoms with Crippen molar-refractivity contribution < 1.29 is 9.90 Å². The molecule has 1 amide bonds. The van der Waals surface area contributed by atoms with Crippen LogP contribution in [0.3, 0.4) is 0 Å². The maximum absolute atomic E-state index is 11.0. The summed E-state index contributed by atoms with van der Waals surface area (Å²) in [5.74, 6) is 0. The van der Waals surface area contributed by atoms with Crippen LogP contribution in [-0.4, -0.2) is 43.8 Å². The fourth-order valence-corrected chi connectivity index (χ4v) is 3.05. The topological polar surface area (TPSA) is 70.7 Å². The van der Waals surface area contributed by atoms with Crippen LogP contribution < -0.4 is 0 Å². The summed E-state index contributed by atoms with van der Waals surface area (Å²) in [5.41, 5.74) is 2.50. The van der Waals surface area contributed by atoms with E-state index in [1.165, 1.54) is 4.90 Å². The number of hydrogen-bond acceptors (Lipinski definition) is 3. The molecule has 0 saturated heterocycles. The van der Waals surface area contributed by atoms with Crippen LogP contribution >= 0.6 is 34.2 Å². The van der Waals surface area contributed by atoms with Crippen LogP contribution in [0.25, 0.3) is 5.65 Å². The van der Waals surface area contributed by atoms with Gasteiger partial charge in [0.1, 0.15) is 5.15 Å². The average Bonchev–Trinajstić information content (AvgIpc) is 2.62. The van der Waals surface area contributed by atoms with Crippen molar-refractivity contribution in [1.82, 2.24) is 19.5 Å². The number of carboxylic acid groups (broad SMARTS) is 1. The molecule has 3 rings (SSSR count). The molecule has 0 aliphatic carbocycles. The van der Waals surface area contributed by atoms with E-state index in [9.17, 15) is 4.79 Å². The van der Waals surface area contributed by atoms with Crippen LogP contribution in [0.2, 0.25) is 5.15 Å². The fraction of sp³-hybridized carbons (Fsp3) is 0.364. The van der Waals surface area contributed by atoms with Crippen LogP contribution in [0.15, 0.2) is 6.20 Å². The summed E-state index contributed by atoms with van der Waals surface area (Å²) in [5, 5.41) is 13.8. The highest BCUT2D eigenvalue weighted by Gasteiger charge is 2.22. The quantitative estimate of drug-likeness (QED) is 0.550. The normalized spacial score (nSPS) is 15.4. The lowest BCUT2D eigenvalue weighted by Crippen LogP contribution is -2.31. The summed E-state index contributed by atoms with van der Waals surface area (Å²) in [6.45, 7) is 0.889. The smallest absolute Gasteiger partial charge is 0.407 e. The molecule has 0 aromatic carbocycles. The Hall–Kier alpha value is -1.09. The Morgan fingerprint density at radius 1 is 1.42 bits per heavy atom. The molecule has 0 spiro atoms. The highest BCUT2D eigenvalue weighted by Crippen LogP contribution is 2.25. The number of hydrogen-bond donors (Lipinski definition) is 1. The van der Waals surface area contributed by atoms with Gasteiger partial charge >= 0.3 is 6.09 Å². The first-order valence-corrected chi connectivity index (χ1v) is 7.22. The monoisotopic (exact) mass is 392 g/mol. The molecule has 19 heavy (non-hydrogen) atoms. The third-order valence-electron chi connectivity index (χ3n) is 3.25. The second-order valence-corrected chi connectivity index (χ2v) is 5.85. The van der Waals surface area contributed by atoms with Gasteiger partial charge in [0, 0.05) is 25.1 Å². The second-order valence-electron chi connectivity index (χ2n) is 4.33. The molecular formula is C11H10ClIN4O2. The summed E-state index contributed by atoms with van der Waals surface area (Å²) >= 11 is 8.52. The van der Waals surface area contributed by atoms with Crippen LogP contribution in [0.1, 0.15) is 11.3 Å². The maximum atomic E-state index is 11.0. The summed E-state index contributed by atoms with van der Waals surface area (Å²) in [4.78, 5) is 17.0. The van der Waals surface area contributed by atoms with Gasteiger partial charge in [-0.1, -0.05) is 11.6 Å². The van der Waals surface area contributed by atoms with Gasteiger partial charge in [0.25, 0.3) is 0 Å². The van der Waals surface area contributed by atoms with Gasteiger partial charge in [0.05, 0.1) is 15.5 Å². The minimum Gasteiger partial charge on any atom is -0.465 e. The number of aromatic nitrogens is 3. The lowest BCUT2D eigenvalue weighted by molar-refractivity contribution is 0.147. The van der Waals surface area contributed by atoms with Crippen molar-refractivity contribution in [1.29, 1.82) is 0 Å². The van der Waals surface area contributed by atoms with Crippen LogP contribution in [0, 0.1) is 3.57 Å². The average molecular weight is 393 g/mol. The Morgan fingerprint density at radius 2 is 2.16 bits per heavy atom. The third kappa shape index (κ3) is 2.14. The van der Waals surface area contributed by atoms with Gasteiger partial charge in [-0.2, -0.15) is 5.10 Å². The van der Waals surface area contributed by atoms with Crippen LogP contribution in [-0.2, 0) is 12.8 Å². The largest absolute Gasteiger partial charge is 0.465 e. The molecule has 2 aromatic rings. The first-order chi connectivity index (χ1) is 9.08. The van der Waals surface area contributed by atoms with Crippen molar-refractivity contribution in [2.24, 2.45) is 0 Å². The van der Waals surface area contributed by atoms with Gasteiger partial charge in [-0.25, -0.2) is 14.3 Å². The molecule has 100 valence electrons. The van der Waals surface area contributed by atoms with E-state index in [0.29, 0.717) is 31.1 Å². The van der Waals surface area contributed by atoms with Crippen molar-refractivity contribution in [2.45, 2.75) is 12.8 Å². The van der Waals surface area contributed by atoms with E-state index in [4.69, 9.17) is 16.7 Å². The Bertz CT molecular complexity index is 672. The van der Waals surface area contributed by atoms with E-state index in [1.54, 1.807) is 10.7 Å². The summed E-state index contributed by atoms with van der Waals surface area (Å²) in [6, 6.07) is 0. The first kappa shape index (κ1) is 12.9. The summed E-state index contributed by atoms with van der Waals surface area (Å²) < 4.78 is 2.54. The number of rotatable bonds is 0. The molecule has 1 aliphatic heterocycles. The summed E-state index contributed by atoms with van der Waals surface area (Å²) in [6.07, 6.45) is 1.97. The Kier molecular flexibility index (Phi) is 3.25. The van der Waals surface area contributed by atoms with Crippen LogP contribution in [0.4, 0.5) is 4.79 Å². The molecule has 2 aromatic heterocycles. The van der Waals surface area contributed by atoms with Crippen molar-refractivity contribution in [2.75, 3.05) is 13.1 Å². The molecule has 1 aliphatic rings. The van der Waals surface area contributed by atoms with Crippen molar-refractivity contribution in [3.05, 3.63) is 26.2 Å². The number of amides is 1. The molecule has 0 bridgehead atoms. The molecular weight excluding hydrogens is 383 g/mol. The van der Waals surface area contributed by atoms with E-state index < -0.39 is 6.09 Å². The minimum absolute atomic E-state index is 0.438. The Morgan fingerprint density at radius 3 is 2.89 bits per heavy atom. The van der Waals surface area contributed by atoms with E-state index in [1.807, 2.05) is 0 Å². The van der Waals surface area contributed by atoms with Gasteiger partial charge in [0.15, 0.2) is 5.65 Å². The molecule has 1 N–H and O–H groups in total. The van der Waals surface area contributed by atoms with E-state index in [0.717, 1.165) is 20.5 Å². The first-order valence-electron chi connectivity index (χ1n) is 5.76. The van der Waals surface area contributed by atoms with Crippen molar-refractivity contribution in [3.63, 3.8) is 0 Å². The van der Waals surface area contributed by atoms with Gasteiger partial charge in [-0.3, -0.25) is 0 Å². The molecule has 0 radical (unpaired) electrons. The lowest BCUT2D eigenvalue weighted by Gasteiger charge is -2.14. The number of halogens is 2. The summed E-state index contributed by atoms with van der Waals surface area (Å²) in [7, 11) is 0. The van der Waals surface area contributed by atoms with Crippen LogP contribution in [0.5, 0.6) is 0 Å². The maximum Gasteiger partial charge on any atom is 0.407 e. The van der Waals surface area contributed by atoms with E-state index in [2.05, 4.69) is 32.7 Å². The zero-order valence-corrected chi connectivity index (χ0v) is 12.7. The van der Waals surface area contributed by atoms with E-state index >= 15 is 0 Å². The van der Waals surface area contributed by atoms with E-state index in [-0.39, 0.29) is 0 Å². The molecule has 0 saturated carbocycles. The number of carbonyl (C=O) groups is 1. The van der Waals surface area contributed by atoms with Crippen molar-refractivity contribution in [3.8, 4) is 0 Å². The molecule has 0 atom stereocenters. The lowest BCUT2D eigenvalue weighted by atomic mass is 10.1. The number of nitrogens with zero attached hydrogens (tertiary/aromatic N) is 4. The molecule has 8 heteroatoms. The Balaban J connectivity index is 2.09. The third-order valence-corrected chi connectivity index (χ3v) is 4.39. The van der Waals surface area contributed by atoms with Gasteiger partial charge in [0.2, 0.25) is 0 Å². The number of fused-ring (bicyclic) bond motifs is 2. The van der Waals surface area contributed by atoms with Crippen molar-refractivity contribution >= 4 is 45.9 Å². The second kappa shape index (κ2) is 4.78.